The molecule has 0 atom stereocenters. The average Bonchev–Trinajstić information content (AvgIpc) is 2.83. The van der Waals surface area contributed by atoms with Gasteiger partial charge in [-0.15, -0.1) is 0 Å². The highest BCUT2D eigenvalue weighted by Crippen LogP contribution is 2.28. The van der Waals surface area contributed by atoms with Crippen LogP contribution < -0.4 is 14.2 Å². The van der Waals surface area contributed by atoms with E-state index in [0.717, 1.165) is 0 Å². The summed E-state index contributed by atoms with van der Waals surface area (Å²) in [4.78, 5) is 12.7. The molecule has 0 saturated carbocycles. The smallest absolute Gasteiger partial charge is 0.185 e. The standard InChI is InChI=1S/C25H28O7/c1-30-23-10-6-17(14-19(23)16-27)4-8-21(28)20(12-13-26)22(29)9-5-18-7-11-24(31-2)25(15-18)32-3/h4-11,14-15,26-28H,12-13,16H2,1-3H3/b8-4+,9-5+,21-20-. The van der Waals surface area contributed by atoms with Crippen LogP contribution in [-0.4, -0.2) is 49.0 Å². The van der Waals surface area contributed by atoms with E-state index in [-0.39, 0.29) is 31.0 Å². The van der Waals surface area contributed by atoms with E-state index in [0.29, 0.717) is 33.9 Å². The second-order valence-corrected chi connectivity index (χ2v) is 6.71. The molecule has 0 bridgehead atoms. The van der Waals surface area contributed by atoms with Crippen molar-refractivity contribution in [2.24, 2.45) is 0 Å². The Morgan fingerprint density at radius 1 is 0.844 bits per heavy atom. The number of carbonyl (C=O) groups is 1. The molecule has 0 saturated heterocycles. The van der Waals surface area contributed by atoms with Crippen LogP contribution in [0, 0.1) is 0 Å². The van der Waals surface area contributed by atoms with E-state index in [2.05, 4.69) is 0 Å². The van der Waals surface area contributed by atoms with E-state index >= 15 is 0 Å². The van der Waals surface area contributed by atoms with Crippen molar-refractivity contribution in [2.45, 2.75) is 13.0 Å². The van der Waals surface area contributed by atoms with Crippen molar-refractivity contribution in [3.8, 4) is 17.2 Å². The van der Waals surface area contributed by atoms with E-state index in [1.54, 1.807) is 48.6 Å². The minimum absolute atomic E-state index is 0.00418. The van der Waals surface area contributed by atoms with E-state index in [4.69, 9.17) is 14.2 Å². The second-order valence-electron chi connectivity index (χ2n) is 6.71. The van der Waals surface area contributed by atoms with Gasteiger partial charge in [-0.1, -0.05) is 24.3 Å². The molecule has 2 aromatic rings. The normalized spacial score (nSPS) is 12.2. The van der Waals surface area contributed by atoms with Crippen LogP contribution in [0.4, 0.5) is 0 Å². The van der Waals surface area contributed by atoms with Crippen molar-refractivity contribution in [1.29, 1.82) is 0 Å². The third-order valence-electron chi connectivity index (χ3n) is 4.71. The molecule has 7 nitrogen and oxygen atoms in total. The fourth-order valence-corrected chi connectivity index (χ4v) is 3.02. The van der Waals surface area contributed by atoms with Crippen LogP contribution in [0.3, 0.4) is 0 Å². The third-order valence-corrected chi connectivity index (χ3v) is 4.71. The molecule has 7 heteroatoms. The zero-order valence-electron chi connectivity index (χ0n) is 18.4. The largest absolute Gasteiger partial charge is 0.508 e. The van der Waals surface area contributed by atoms with Crippen molar-refractivity contribution in [3.63, 3.8) is 0 Å². The summed E-state index contributed by atoms with van der Waals surface area (Å²) in [6, 6.07) is 10.4. The number of aliphatic hydroxyl groups is 3. The van der Waals surface area contributed by atoms with Crippen LogP contribution in [0.1, 0.15) is 23.1 Å². The molecule has 170 valence electrons. The van der Waals surface area contributed by atoms with Gasteiger partial charge in [-0.25, -0.2) is 0 Å². The number of benzene rings is 2. The van der Waals surface area contributed by atoms with Gasteiger partial charge >= 0.3 is 0 Å². The molecule has 0 amide bonds. The van der Waals surface area contributed by atoms with Gasteiger partial charge in [-0.05, 0) is 47.5 Å². The van der Waals surface area contributed by atoms with Gasteiger partial charge in [-0.3, -0.25) is 4.79 Å². The highest BCUT2D eigenvalue weighted by atomic mass is 16.5. The number of carbonyl (C=O) groups excluding carboxylic acids is 1. The summed E-state index contributed by atoms with van der Waals surface area (Å²) < 4.78 is 15.6. The lowest BCUT2D eigenvalue weighted by molar-refractivity contribution is -0.111. The lowest BCUT2D eigenvalue weighted by Crippen LogP contribution is -2.04. The molecule has 0 aliphatic carbocycles. The number of hydrogen-bond donors (Lipinski definition) is 3. The van der Waals surface area contributed by atoms with Gasteiger partial charge in [-0.2, -0.15) is 0 Å². The maximum absolute atomic E-state index is 12.7. The Morgan fingerprint density at radius 3 is 2.03 bits per heavy atom. The van der Waals surface area contributed by atoms with Crippen molar-refractivity contribution in [3.05, 3.63) is 76.6 Å². The number of allylic oxidation sites excluding steroid dienone is 2. The predicted molar refractivity (Wildman–Crippen MR) is 123 cm³/mol. The molecule has 0 heterocycles. The topological polar surface area (TPSA) is 105 Å². The number of hydrogen-bond acceptors (Lipinski definition) is 7. The van der Waals surface area contributed by atoms with Gasteiger partial charge in [0.25, 0.3) is 0 Å². The second kappa shape index (κ2) is 12.3. The molecule has 32 heavy (non-hydrogen) atoms. The van der Waals surface area contributed by atoms with Gasteiger partial charge in [0.1, 0.15) is 11.5 Å². The summed E-state index contributed by atoms with van der Waals surface area (Å²) in [7, 11) is 4.58. The van der Waals surface area contributed by atoms with Crippen LogP contribution in [0.2, 0.25) is 0 Å². The molecule has 3 N–H and O–H groups in total. The van der Waals surface area contributed by atoms with Gasteiger partial charge in [0, 0.05) is 24.2 Å². The van der Waals surface area contributed by atoms with E-state index in [1.165, 1.54) is 33.5 Å². The van der Waals surface area contributed by atoms with E-state index in [1.807, 2.05) is 0 Å². The lowest BCUT2D eigenvalue weighted by Gasteiger charge is -2.08. The Labute approximate surface area is 187 Å². The Morgan fingerprint density at radius 2 is 1.44 bits per heavy atom. The molecule has 2 aromatic carbocycles. The molecule has 0 fully saturated rings. The first kappa shape index (κ1) is 24.7. The van der Waals surface area contributed by atoms with Crippen LogP contribution in [-0.2, 0) is 11.4 Å². The average molecular weight is 440 g/mol. The van der Waals surface area contributed by atoms with Crippen LogP contribution in [0.25, 0.3) is 12.2 Å². The molecule has 0 aromatic heterocycles. The maximum Gasteiger partial charge on any atom is 0.185 e. The number of rotatable bonds is 11. The number of aliphatic hydroxyl groups excluding tert-OH is 3. The molecule has 0 aliphatic rings. The van der Waals surface area contributed by atoms with Crippen LogP contribution >= 0.6 is 0 Å². The van der Waals surface area contributed by atoms with Crippen LogP contribution in [0.5, 0.6) is 17.2 Å². The first-order valence-electron chi connectivity index (χ1n) is 9.90. The third kappa shape index (κ3) is 6.47. The Bertz CT molecular complexity index is 1020. The maximum atomic E-state index is 12.7. The molecular weight excluding hydrogens is 412 g/mol. The van der Waals surface area contributed by atoms with Crippen molar-refractivity contribution in [2.75, 3.05) is 27.9 Å². The Kier molecular flexibility index (Phi) is 9.53. The van der Waals surface area contributed by atoms with Gasteiger partial charge in [0.2, 0.25) is 0 Å². The van der Waals surface area contributed by atoms with Crippen molar-refractivity contribution < 1.29 is 34.3 Å². The Hall–Kier alpha value is -3.55. The van der Waals surface area contributed by atoms with E-state index in [9.17, 15) is 20.1 Å². The summed E-state index contributed by atoms with van der Waals surface area (Å²) >= 11 is 0. The molecule has 2 rings (SSSR count). The molecule has 0 radical (unpaired) electrons. The first-order chi connectivity index (χ1) is 15.5. The predicted octanol–water partition coefficient (Wildman–Crippen LogP) is 3.69. The summed E-state index contributed by atoms with van der Waals surface area (Å²) in [5.74, 6) is 0.980. The molecular formula is C25H28O7. The molecule has 0 aliphatic heterocycles. The highest BCUT2D eigenvalue weighted by Gasteiger charge is 2.12. The quantitative estimate of drug-likeness (QED) is 0.278. The fraction of sp³-hybridized carbons (Fsp3) is 0.240. The van der Waals surface area contributed by atoms with Gasteiger partial charge in [0.15, 0.2) is 17.3 Å². The summed E-state index contributed by atoms with van der Waals surface area (Å²) in [5, 5.41) is 29.2. The van der Waals surface area contributed by atoms with Crippen LogP contribution in [0.15, 0.2) is 59.9 Å². The lowest BCUT2D eigenvalue weighted by atomic mass is 10.0. The van der Waals surface area contributed by atoms with Gasteiger partial charge in [0.05, 0.1) is 27.9 Å². The monoisotopic (exact) mass is 440 g/mol. The number of ether oxygens (including phenoxy) is 3. The SMILES string of the molecule is COc1ccc(/C=C/C(O)=C(\CCO)C(=O)/C=C/c2ccc(OC)c(OC)c2)cc1CO. The zero-order chi connectivity index (χ0) is 23.5. The zero-order valence-corrected chi connectivity index (χ0v) is 18.4. The minimum atomic E-state index is -0.429. The highest BCUT2D eigenvalue weighted by molar-refractivity contribution is 6.07. The first-order valence-corrected chi connectivity index (χ1v) is 9.90. The summed E-state index contributed by atoms with van der Waals surface area (Å²) in [6.45, 7) is -0.484. The Balaban J connectivity index is 2.26. The summed E-state index contributed by atoms with van der Waals surface area (Å²) in [6.07, 6.45) is 5.91. The molecule has 0 unspecified atom stereocenters. The number of ketones is 1. The molecule has 0 spiro atoms. The van der Waals surface area contributed by atoms with E-state index < -0.39 is 5.78 Å². The fourth-order valence-electron chi connectivity index (χ4n) is 3.02. The van der Waals surface area contributed by atoms with Gasteiger partial charge < -0.3 is 29.5 Å². The van der Waals surface area contributed by atoms with Crippen molar-refractivity contribution in [1.82, 2.24) is 0 Å². The van der Waals surface area contributed by atoms with Crippen molar-refractivity contribution >= 4 is 17.9 Å². The summed E-state index contributed by atoms with van der Waals surface area (Å²) in [5.41, 5.74) is 2.10. The number of methoxy groups -OCH3 is 3. The minimum Gasteiger partial charge on any atom is -0.508 e.